The van der Waals surface area contributed by atoms with Crippen LogP contribution in [0.4, 0.5) is 16.6 Å². The van der Waals surface area contributed by atoms with Gasteiger partial charge in [-0.15, -0.1) is 11.3 Å². The van der Waals surface area contributed by atoms with E-state index >= 15 is 0 Å². The SMILES string of the molecule is O=C(CCn1cc(Cl)c([N+](=O)[O-])n1)Nc1ccc(S(=O)(=O)Nc2nccs2)cc1. The number of rotatable bonds is 8. The van der Waals surface area contributed by atoms with Crippen LogP contribution >= 0.6 is 22.9 Å². The van der Waals surface area contributed by atoms with Crippen LogP contribution in [0.5, 0.6) is 0 Å². The Hall–Kier alpha value is -3.03. The lowest BCUT2D eigenvalue weighted by Crippen LogP contribution is -2.15. The molecule has 14 heteroatoms. The summed E-state index contributed by atoms with van der Waals surface area (Å²) >= 11 is 6.85. The predicted octanol–water partition coefficient (Wildman–Crippen LogP) is 2.73. The number of nitrogens with zero attached hydrogens (tertiary/aromatic N) is 4. The molecule has 0 aliphatic heterocycles. The van der Waals surface area contributed by atoms with Gasteiger partial charge in [0, 0.05) is 23.7 Å². The number of hydrogen-bond donors (Lipinski definition) is 2. The number of halogens is 1. The van der Waals surface area contributed by atoms with Crippen LogP contribution in [0.15, 0.2) is 46.9 Å². The molecule has 152 valence electrons. The molecular weight excluding hydrogens is 444 g/mol. The summed E-state index contributed by atoms with van der Waals surface area (Å²) in [5, 5.41) is 18.8. The molecule has 0 radical (unpaired) electrons. The number of carbonyl (C=O) groups is 1. The topological polar surface area (TPSA) is 149 Å². The lowest BCUT2D eigenvalue weighted by Gasteiger charge is -2.07. The normalized spacial score (nSPS) is 11.2. The van der Waals surface area contributed by atoms with Crippen molar-refractivity contribution in [2.75, 3.05) is 10.0 Å². The molecular formula is C15H13ClN6O5S2. The largest absolute Gasteiger partial charge is 0.408 e. The standard InChI is InChI=1S/C15H13ClN6O5S2/c16-12-9-21(19-14(12)22(24)25)7-5-13(23)18-10-1-3-11(4-2-10)29(26,27)20-15-17-6-8-28-15/h1-4,6,8-9H,5,7H2,(H,17,20)(H,18,23). The zero-order chi connectivity index (χ0) is 21.0. The van der Waals surface area contributed by atoms with Crippen molar-refractivity contribution in [3.05, 3.63) is 57.2 Å². The molecule has 2 heterocycles. The Balaban J connectivity index is 1.57. The van der Waals surface area contributed by atoms with Crippen molar-refractivity contribution >= 4 is 55.5 Å². The summed E-state index contributed by atoms with van der Waals surface area (Å²) in [6.45, 7) is 0.0869. The fraction of sp³-hybridized carbons (Fsp3) is 0.133. The summed E-state index contributed by atoms with van der Waals surface area (Å²) in [7, 11) is -3.78. The highest BCUT2D eigenvalue weighted by Crippen LogP contribution is 2.22. The molecule has 1 amide bonds. The fourth-order valence-corrected chi connectivity index (χ4v) is 4.24. The van der Waals surface area contributed by atoms with Gasteiger partial charge in [0.05, 0.1) is 22.7 Å². The number of benzene rings is 1. The van der Waals surface area contributed by atoms with Crippen LogP contribution < -0.4 is 10.0 Å². The number of thiazole rings is 1. The van der Waals surface area contributed by atoms with E-state index in [0.717, 1.165) is 11.3 Å². The Labute approximate surface area is 173 Å². The summed E-state index contributed by atoms with van der Waals surface area (Å²) in [5.41, 5.74) is 0.396. The molecule has 3 rings (SSSR count). The third-order valence-corrected chi connectivity index (χ3v) is 5.98. The minimum atomic E-state index is -3.78. The molecule has 3 aromatic rings. The second-order valence-corrected chi connectivity index (χ2v) is 8.57. The smallest absolute Gasteiger partial charge is 0.358 e. The number of hydrogen-bond acceptors (Lipinski definition) is 8. The second-order valence-electron chi connectivity index (χ2n) is 5.59. The first-order valence-electron chi connectivity index (χ1n) is 7.94. The van der Waals surface area contributed by atoms with Crippen LogP contribution in [0.1, 0.15) is 6.42 Å². The van der Waals surface area contributed by atoms with Gasteiger partial charge in [0.1, 0.15) is 0 Å². The van der Waals surface area contributed by atoms with Gasteiger partial charge in [0.2, 0.25) is 5.91 Å². The summed E-state index contributed by atoms with van der Waals surface area (Å²) in [6, 6.07) is 5.60. The van der Waals surface area contributed by atoms with Crippen molar-refractivity contribution < 1.29 is 18.1 Å². The van der Waals surface area contributed by atoms with E-state index in [0.29, 0.717) is 5.69 Å². The molecule has 0 spiro atoms. The maximum Gasteiger partial charge on any atom is 0.408 e. The number of aromatic nitrogens is 3. The molecule has 0 fully saturated rings. The second kappa shape index (κ2) is 8.55. The molecule has 0 aliphatic rings. The van der Waals surface area contributed by atoms with Gasteiger partial charge in [-0.05, 0) is 29.2 Å². The highest BCUT2D eigenvalue weighted by Gasteiger charge is 2.19. The molecule has 0 bridgehead atoms. The van der Waals surface area contributed by atoms with Gasteiger partial charge < -0.3 is 15.4 Å². The molecule has 0 saturated heterocycles. The Morgan fingerprint density at radius 3 is 2.62 bits per heavy atom. The van der Waals surface area contributed by atoms with Gasteiger partial charge >= 0.3 is 5.82 Å². The van der Waals surface area contributed by atoms with Crippen LogP contribution in [0.25, 0.3) is 0 Å². The van der Waals surface area contributed by atoms with E-state index < -0.39 is 20.8 Å². The van der Waals surface area contributed by atoms with Crippen molar-refractivity contribution in [1.82, 2.24) is 14.8 Å². The van der Waals surface area contributed by atoms with E-state index in [1.807, 2.05) is 0 Å². The van der Waals surface area contributed by atoms with Gasteiger partial charge in [0.15, 0.2) is 10.2 Å². The first kappa shape index (κ1) is 20.7. The number of nitrogens with one attached hydrogen (secondary N) is 2. The third-order valence-electron chi connectivity index (χ3n) is 3.54. The number of nitro groups is 1. The first-order valence-corrected chi connectivity index (χ1v) is 10.7. The Kier molecular flexibility index (Phi) is 6.10. The molecule has 0 atom stereocenters. The molecule has 2 N–H and O–H groups in total. The molecule has 29 heavy (non-hydrogen) atoms. The van der Waals surface area contributed by atoms with Crippen LogP contribution in [0.2, 0.25) is 5.02 Å². The number of amides is 1. The zero-order valence-electron chi connectivity index (χ0n) is 14.5. The molecule has 0 aliphatic carbocycles. The van der Waals surface area contributed by atoms with E-state index in [-0.39, 0.29) is 33.9 Å². The minimum absolute atomic E-state index is 0.0131. The van der Waals surface area contributed by atoms with Gasteiger partial charge in [-0.1, -0.05) is 11.6 Å². The monoisotopic (exact) mass is 456 g/mol. The maximum absolute atomic E-state index is 12.3. The van der Waals surface area contributed by atoms with Gasteiger partial charge in [0.25, 0.3) is 10.0 Å². The van der Waals surface area contributed by atoms with E-state index in [9.17, 15) is 23.3 Å². The summed E-state index contributed by atoms with van der Waals surface area (Å²) < 4.78 is 28.1. The molecule has 0 saturated carbocycles. The van der Waals surface area contributed by atoms with Crippen LogP contribution in [0, 0.1) is 10.1 Å². The first-order chi connectivity index (χ1) is 13.7. The van der Waals surface area contributed by atoms with E-state index in [1.54, 1.807) is 5.38 Å². The summed E-state index contributed by atoms with van der Waals surface area (Å²) in [4.78, 5) is 25.9. The number of carbonyl (C=O) groups excluding carboxylic acids is 1. The van der Waals surface area contributed by atoms with Gasteiger partial charge in [-0.2, -0.15) is 4.68 Å². The van der Waals surface area contributed by atoms with Crippen molar-refractivity contribution in [2.24, 2.45) is 0 Å². The number of anilines is 2. The Morgan fingerprint density at radius 2 is 2.03 bits per heavy atom. The molecule has 1 aromatic carbocycles. The summed E-state index contributed by atoms with van der Waals surface area (Å²) in [6.07, 6.45) is 2.74. The highest BCUT2D eigenvalue weighted by molar-refractivity contribution is 7.93. The number of aryl methyl sites for hydroxylation is 1. The van der Waals surface area contributed by atoms with Gasteiger partial charge in [-0.25, -0.2) is 13.4 Å². The zero-order valence-corrected chi connectivity index (χ0v) is 16.9. The quantitative estimate of drug-likeness (QED) is 0.390. The van der Waals surface area contributed by atoms with Crippen molar-refractivity contribution in [2.45, 2.75) is 17.9 Å². The van der Waals surface area contributed by atoms with Crippen LogP contribution in [-0.2, 0) is 21.4 Å². The third kappa shape index (κ3) is 5.28. The minimum Gasteiger partial charge on any atom is -0.358 e. The van der Waals surface area contributed by atoms with Crippen molar-refractivity contribution in [3.63, 3.8) is 0 Å². The lowest BCUT2D eigenvalue weighted by atomic mass is 10.3. The van der Waals surface area contributed by atoms with E-state index in [2.05, 4.69) is 20.1 Å². The lowest BCUT2D eigenvalue weighted by molar-refractivity contribution is -0.389. The average Bonchev–Trinajstić information content (AvgIpc) is 3.29. The van der Waals surface area contributed by atoms with Crippen LogP contribution in [-0.4, -0.2) is 34.0 Å². The van der Waals surface area contributed by atoms with Crippen molar-refractivity contribution in [1.29, 1.82) is 0 Å². The Morgan fingerprint density at radius 1 is 1.31 bits per heavy atom. The van der Waals surface area contributed by atoms with Gasteiger partial charge in [-0.3, -0.25) is 9.52 Å². The maximum atomic E-state index is 12.3. The van der Waals surface area contributed by atoms with Crippen LogP contribution in [0.3, 0.4) is 0 Å². The fourth-order valence-electron chi connectivity index (χ4n) is 2.23. The predicted molar refractivity (Wildman–Crippen MR) is 107 cm³/mol. The summed E-state index contributed by atoms with van der Waals surface area (Å²) in [5.74, 6) is -0.856. The highest BCUT2D eigenvalue weighted by atomic mass is 35.5. The van der Waals surface area contributed by atoms with E-state index in [4.69, 9.17) is 11.6 Å². The van der Waals surface area contributed by atoms with Crippen molar-refractivity contribution in [3.8, 4) is 0 Å². The average molecular weight is 457 g/mol. The molecule has 0 unspecified atom stereocenters. The molecule has 11 nitrogen and oxygen atoms in total. The Bertz CT molecular complexity index is 1130. The molecule has 2 aromatic heterocycles. The van der Waals surface area contributed by atoms with E-state index in [1.165, 1.54) is 41.3 Å². The number of sulfonamides is 1.